The highest BCUT2D eigenvalue weighted by Crippen LogP contribution is 2.27. The van der Waals surface area contributed by atoms with Crippen LogP contribution in [-0.4, -0.2) is 93.9 Å². The fourth-order valence-corrected chi connectivity index (χ4v) is 8.07. The number of halogens is 1. The number of hydrogen-bond acceptors (Lipinski definition) is 7. The van der Waals surface area contributed by atoms with Crippen molar-refractivity contribution in [3.8, 4) is 0 Å². The Morgan fingerprint density at radius 3 is 2.38 bits per heavy atom. The van der Waals surface area contributed by atoms with Gasteiger partial charge in [-0.05, 0) is 36.0 Å². The largest absolute Gasteiger partial charge is 0.342 e. The number of piperazine rings is 1. The molecule has 0 spiro atoms. The lowest BCUT2D eigenvalue weighted by molar-refractivity contribution is -0.141. The van der Waals surface area contributed by atoms with E-state index in [1.165, 1.54) is 37.7 Å². The van der Waals surface area contributed by atoms with Crippen molar-refractivity contribution in [1.82, 2.24) is 25.6 Å². The van der Waals surface area contributed by atoms with Crippen LogP contribution in [0, 0.1) is 11.8 Å². The first-order valence-electron chi connectivity index (χ1n) is 15.0. The van der Waals surface area contributed by atoms with Gasteiger partial charge in [0.05, 0.1) is 5.88 Å². The van der Waals surface area contributed by atoms with Crippen LogP contribution in [0.5, 0.6) is 0 Å². The molecule has 238 valence electrons. The number of rotatable bonds is 12. The molecule has 1 aromatic carbocycles. The van der Waals surface area contributed by atoms with Gasteiger partial charge in [-0.1, -0.05) is 70.9 Å². The van der Waals surface area contributed by atoms with Crippen LogP contribution in [0.4, 0.5) is 0 Å². The molecular formula is C31H52ClN5O3S2. The van der Waals surface area contributed by atoms with Crippen molar-refractivity contribution in [2.75, 3.05) is 49.3 Å². The highest BCUT2D eigenvalue weighted by Gasteiger charge is 2.37. The molecule has 1 saturated carbocycles. The first-order chi connectivity index (χ1) is 19.4. The van der Waals surface area contributed by atoms with E-state index in [0.29, 0.717) is 42.8 Å². The summed E-state index contributed by atoms with van der Waals surface area (Å²) in [7, 11) is 0. The first kappa shape index (κ1) is 36.7. The van der Waals surface area contributed by atoms with Gasteiger partial charge in [-0.25, -0.2) is 5.01 Å². The minimum absolute atomic E-state index is 0. The van der Waals surface area contributed by atoms with Crippen molar-refractivity contribution < 1.29 is 14.4 Å². The van der Waals surface area contributed by atoms with Gasteiger partial charge < -0.3 is 15.1 Å². The Labute approximate surface area is 268 Å². The molecule has 3 amide bonds. The maximum atomic E-state index is 13.8. The molecule has 11 heteroatoms. The molecule has 0 aromatic heterocycles. The molecule has 3 fully saturated rings. The summed E-state index contributed by atoms with van der Waals surface area (Å²) < 4.78 is 0. The van der Waals surface area contributed by atoms with E-state index in [1.807, 2.05) is 36.9 Å². The Morgan fingerprint density at radius 1 is 1.02 bits per heavy atom. The highest BCUT2D eigenvalue weighted by atomic mass is 35.5. The molecule has 2 N–H and O–H groups in total. The van der Waals surface area contributed by atoms with Crippen molar-refractivity contribution in [2.24, 2.45) is 11.8 Å². The minimum Gasteiger partial charge on any atom is -0.342 e. The van der Waals surface area contributed by atoms with E-state index in [-0.39, 0.29) is 43.5 Å². The maximum Gasteiger partial charge on any atom is 0.246 e. The SMILES string of the molecule is C.CC(C)CC(=O)N1CSC[C@H]1C(=O)N[C@@H](CSCC1CCCCC1)C(=O)N1CCN(NCc2ccccc2)CC1.Cl. The Hall–Kier alpha value is -1.46. The number of nitrogens with zero attached hydrogens (tertiary/aromatic N) is 3. The summed E-state index contributed by atoms with van der Waals surface area (Å²) in [6, 6.07) is 9.22. The average molecular weight is 642 g/mol. The summed E-state index contributed by atoms with van der Waals surface area (Å²) in [6.45, 7) is 7.53. The number of carbonyl (C=O) groups excluding carboxylic acids is 3. The maximum absolute atomic E-state index is 13.8. The summed E-state index contributed by atoms with van der Waals surface area (Å²) in [5.41, 5.74) is 4.70. The molecule has 2 saturated heterocycles. The zero-order chi connectivity index (χ0) is 28.3. The monoisotopic (exact) mass is 641 g/mol. The van der Waals surface area contributed by atoms with Crippen LogP contribution in [-0.2, 0) is 20.9 Å². The summed E-state index contributed by atoms with van der Waals surface area (Å²) in [5, 5.41) is 5.28. The molecule has 1 aromatic rings. The van der Waals surface area contributed by atoms with Crippen LogP contribution in [0.15, 0.2) is 30.3 Å². The standard InChI is InChI=1S/C30H47N5O3S2.CH4.ClH/c1-23(2)17-28(36)35-22-40-21-27(35)29(37)32-26(20-39-19-25-11-7-4-8-12-25)30(38)33-13-15-34(16-14-33)31-18-24-9-5-3-6-10-24;;/h3,5-6,9-10,23,25-27,31H,4,7-8,11-22H2,1-2H3,(H,32,37);1H4;1H/t26-,27-;;/m0../s1. The molecule has 1 aliphatic carbocycles. The van der Waals surface area contributed by atoms with Gasteiger partial charge in [0.1, 0.15) is 12.1 Å². The van der Waals surface area contributed by atoms with Crippen molar-refractivity contribution >= 4 is 53.7 Å². The van der Waals surface area contributed by atoms with Gasteiger partial charge in [0.15, 0.2) is 0 Å². The van der Waals surface area contributed by atoms with Crippen molar-refractivity contribution in [1.29, 1.82) is 0 Å². The quantitative estimate of drug-likeness (QED) is 0.344. The van der Waals surface area contributed by atoms with Crippen molar-refractivity contribution in [3.05, 3.63) is 35.9 Å². The molecular weight excluding hydrogens is 590 g/mol. The summed E-state index contributed by atoms with van der Waals surface area (Å²) in [4.78, 5) is 43.6. The van der Waals surface area contributed by atoms with E-state index in [9.17, 15) is 14.4 Å². The fraction of sp³-hybridized carbons (Fsp3) is 0.710. The van der Waals surface area contributed by atoms with Gasteiger partial charge in [-0.2, -0.15) is 11.8 Å². The van der Waals surface area contributed by atoms with Gasteiger partial charge in [-0.15, -0.1) is 24.2 Å². The van der Waals surface area contributed by atoms with Gasteiger partial charge >= 0.3 is 0 Å². The third-order valence-electron chi connectivity index (χ3n) is 8.01. The van der Waals surface area contributed by atoms with Crippen LogP contribution in [0.25, 0.3) is 0 Å². The van der Waals surface area contributed by atoms with Crippen LogP contribution < -0.4 is 10.7 Å². The van der Waals surface area contributed by atoms with E-state index >= 15 is 0 Å². The number of thioether (sulfide) groups is 2. The number of hydrogen-bond donors (Lipinski definition) is 2. The average Bonchev–Trinajstić information content (AvgIpc) is 3.47. The van der Waals surface area contributed by atoms with Gasteiger partial charge in [0.2, 0.25) is 17.7 Å². The topological polar surface area (TPSA) is 85.0 Å². The molecule has 2 heterocycles. The summed E-state index contributed by atoms with van der Waals surface area (Å²) in [6.07, 6.45) is 6.89. The number of amides is 3. The second-order valence-corrected chi connectivity index (χ2v) is 13.8. The second-order valence-electron chi connectivity index (χ2n) is 11.7. The normalized spacial score (nSPS) is 20.5. The van der Waals surface area contributed by atoms with E-state index in [0.717, 1.165) is 25.4 Å². The van der Waals surface area contributed by atoms with Crippen LogP contribution in [0.1, 0.15) is 65.4 Å². The second kappa shape index (κ2) is 19.0. The number of hydrazine groups is 1. The van der Waals surface area contributed by atoms with Gasteiger partial charge in [0, 0.05) is 50.7 Å². The minimum atomic E-state index is -0.572. The predicted molar refractivity (Wildman–Crippen MR) is 179 cm³/mol. The molecule has 0 unspecified atom stereocenters. The van der Waals surface area contributed by atoms with Crippen LogP contribution >= 0.6 is 35.9 Å². The van der Waals surface area contributed by atoms with E-state index < -0.39 is 12.1 Å². The third-order valence-corrected chi connectivity index (χ3v) is 10.3. The summed E-state index contributed by atoms with van der Waals surface area (Å²) in [5.74, 6) is 3.51. The highest BCUT2D eigenvalue weighted by molar-refractivity contribution is 7.99. The van der Waals surface area contributed by atoms with Crippen molar-refractivity contribution in [2.45, 2.75) is 78.4 Å². The van der Waals surface area contributed by atoms with Gasteiger partial charge in [-0.3, -0.25) is 19.8 Å². The molecule has 3 aliphatic rings. The lowest BCUT2D eigenvalue weighted by atomic mass is 9.91. The van der Waals surface area contributed by atoms with E-state index in [4.69, 9.17) is 0 Å². The predicted octanol–water partition coefficient (Wildman–Crippen LogP) is 4.64. The molecule has 2 aliphatic heterocycles. The zero-order valence-corrected chi connectivity index (χ0v) is 27.0. The molecule has 0 radical (unpaired) electrons. The molecule has 42 heavy (non-hydrogen) atoms. The molecule has 2 atom stereocenters. The number of nitrogens with one attached hydrogen (secondary N) is 2. The zero-order valence-electron chi connectivity index (χ0n) is 24.6. The smallest absolute Gasteiger partial charge is 0.246 e. The summed E-state index contributed by atoms with van der Waals surface area (Å²) >= 11 is 3.40. The van der Waals surface area contributed by atoms with Crippen molar-refractivity contribution in [3.63, 3.8) is 0 Å². The van der Waals surface area contributed by atoms with E-state index in [1.54, 1.807) is 28.4 Å². The fourth-order valence-electron chi connectivity index (χ4n) is 5.63. The molecule has 0 bridgehead atoms. The Bertz CT molecular complexity index is 959. The third kappa shape index (κ3) is 11.2. The number of carbonyl (C=O) groups is 3. The number of benzene rings is 1. The van der Waals surface area contributed by atoms with Crippen LogP contribution in [0.3, 0.4) is 0 Å². The first-order valence-corrected chi connectivity index (χ1v) is 17.3. The van der Waals surface area contributed by atoms with Crippen LogP contribution in [0.2, 0.25) is 0 Å². The molecule has 4 rings (SSSR count). The van der Waals surface area contributed by atoms with Gasteiger partial charge in [0.25, 0.3) is 0 Å². The van der Waals surface area contributed by atoms with E-state index in [2.05, 4.69) is 27.9 Å². The Kier molecular flexibility index (Phi) is 16.7. The lowest BCUT2D eigenvalue weighted by Gasteiger charge is -2.37. The Morgan fingerprint density at radius 2 is 1.71 bits per heavy atom. The Balaban J connectivity index is 0.00000308. The lowest BCUT2D eigenvalue weighted by Crippen LogP contribution is -2.59. The molecule has 8 nitrogen and oxygen atoms in total.